The van der Waals surface area contributed by atoms with Crippen molar-refractivity contribution in [1.82, 2.24) is 19.4 Å². The number of carbonyl (C=O) groups excluding carboxylic acids is 1. The second-order valence-electron chi connectivity index (χ2n) is 4.11. The highest BCUT2D eigenvalue weighted by Gasteiger charge is 2.15. The Morgan fingerprint density at radius 1 is 1.32 bits per heavy atom. The summed E-state index contributed by atoms with van der Waals surface area (Å²) in [6.45, 7) is 0. The molecule has 3 aromatic heterocycles. The molecule has 1 amide bonds. The Hall–Kier alpha value is -2.83. The van der Waals surface area contributed by atoms with Crippen LogP contribution in [-0.2, 0) is 7.05 Å². The molecule has 19 heavy (non-hydrogen) atoms. The number of aromatic nitrogens is 4. The van der Waals surface area contributed by atoms with E-state index < -0.39 is 0 Å². The van der Waals surface area contributed by atoms with E-state index in [-0.39, 0.29) is 5.91 Å². The van der Waals surface area contributed by atoms with Gasteiger partial charge in [-0.1, -0.05) is 6.07 Å². The van der Waals surface area contributed by atoms with Crippen LogP contribution in [0.2, 0.25) is 0 Å². The number of hydrogen-bond donors (Lipinski definition) is 2. The largest absolute Gasteiger partial charge is 0.394 e. The summed E-state index contributed by atoms with van der Waals surface area (Å²) in [5.41, 5.74) is 7.38. The van der Waals surface area contributed by atoms with Gasteiger partial charge in [0.2, 0.25) is 0 Å². The van der Waals surface area contributed by atoms with Crippen molar-refractivity contribution in [3.8, 4) is 0 Å². The highest BCUT2D eigenvalue weighted by atomic mass is 16.1. The second-order valence-corrected chi connectivity index (χ2v) is 4.11. The van der Waals surface area contributed by atoms with Gasteiger partial charge in [-0.05, 0) is 12.1 Å². The number of hydrogen-bond acceptors (Lipinski definition) is 4. The molecule has 7 nitrogen and oxygen atoms in total. The van der Waals surface area contributed by atoms with Crippen molar-refractivity contribution in [3.05, 3.63) is 42.4 Å². The molecule has 3 rings (SSSR count). The van der Waals surface area contributed by atoms with Gasteiger partial charge in [-0.3, -0.25) is 9.48 Å². The van der Waals surface area contributed by atoms with E-state index in [0.29, 0.717) is 17.1 Å². The summed E-state index contributed by atoms with van der Waals surface area (Å²) in [7, 11) is 1.71. The Kier molecular flexibility index (Phi) is 2.45. The summed E-state index contributed by atoms with van der Waals surface area (Å²) in [5, 5.41) is 10.8. The molecule has 7 heteroatoms. The van der Waals surface area contributed by atoms with Gasteiger partial charge in [0.25, 0.3) is 5.91 Å². The standard InChI is InChI=1S/C12H12N6O/c1-17-11(9(13)7-14-17)16-12(19)8-6-15-18-5-3-2-4-10(8)18/h2-7H,13H2,1H3,(H,16,19). The molecule has 0 saturated heterocycles. The van der Waals surface area contributed by atoms with E-state index in [1.807, 2.05) is 18.2 Å². The number of nitrogens with zero attached hydrogens (tertiary/aromatic N) is 4. The van der Waals surface area contributed by atoms with Gasteiger partial charge in [-0.25, -0.2) is 4.52 Å². The van der Waals surface area contributed by atoms with Gasteiger partial charge < -0.3 is 11.1 Å². The number of anilines is 2. The van der Waals surface area contributed by atoms with Crippen molar-refractivity contribution in [2.75, 3.05) is 11.1 Å². The number of fused-ring (bicyclic) bond motifs is 1. The molecule has 0 aliphatic carbocycles. The fraction of sp³-hybridized carbons (Fsp3) is 0.0833. The van der Waals surface area contributed by atoms with Gasteiger partial charge in [-0.2, -0.15) is 10.2 Å². The van der Waals surface area contributed by atoms with Gasteiger partial charge in [0, 0.05) is 13.2 Å². The average molecular weight is 256 g/mol. The summed E-state index contributed by atoms with van der Waals surface area (Å²) in [6.07, 6.45) is 4.80. The normalized spacial score (nSPS) is 10.8. The molecule has 0 saturated carbocycles. The zero-order chi connectivity index (χ0) is 13.4. The van der Waals surface area contributed by atoms with Crippen molar-refractivity contribution in [1.29, 1.82) is 0 Å². The van der Waals surface area contributed by atoms with Crippen LogP contribution in [0.15, 0.2) is 36.8 Å². The molecule has 3 aromatic rings. The SMILES string of the molecule is Cn1ncc(N)c1NC(=O)c1cnn2ccccc12. The third-order valence-corrected chi connectivity index (χ3v) is 2.87. The first-order valence-electron chi connectivity index (χ1n) is 5.68. The molecule has 96 valence electrons. The quantitative estimate of drug-likeness (QED) is 0.712. The van der Waals surface area contributed by atoms with Crippen molar-refractivity contribution in [3.63, 3.8) is 0 Å². The van der Waals surface area contributed by atoms with Crippen molar-refractivity contribution in [2.45, 2.75) is 0 Å². The average Bonchev–Trinajstić information content (AvgIpc) is 2.97. The first kappa shape index (κ1) is 11.3. The molecule has 0 unspecified atom stereocenters. The lowest BCUT2D eigenvalue weighted by atomic mass is 10.2. The third-order valence-electron chi connectivity index (χ3n) is 2.87. The van der Waals surface area contributed by atoms with E-state index in [1.54, 1.807) is 17.8 Å². The molecule has 3 heterocycles. The molecule has 0 fully saturated rings. The predicted octanol–water partition coefficient (Wildman–Crippen LogP) is 0.902. The number of carbonyl (C=O) groups is 1. The number of amides is 1. The topological polar surface area (TPSA) is 90.2 Å². The number of pyridine rings is 1. The predicted molar refractivity (Wildman–Crippen MR) is 70.8 cm³/mol. The summed E-state index contributed by atoms with van der Waals surface area (Å²) in [5.74, 6) is 0.205. The fourth-order valence-corrected chi connectivity index (χ4v) is 1.89. The van der Waals surface area contributed by atoms with Crippen LogP contribution in [0.25, 0.3) is 5.52 Å². The molecule has 0 aromatic carbocycles. The first-order valence-corrected chi connectivity index (χ1v) is 5.68. The first-order chi connectivity index (χ1) is 9.16. The van der Waals surface area contributed by atoms with Crippen LogP contribution < -0.4 is 11.1 Å². The lowest BCUT2D eigenvalue weighted by Crippen LogP contribution is -2.15. The lowest BCUT2D eigenvalue weighted by Gasteiger charge is -2.05. The van der Waals surface area contributed by atoms with Crippen LogP contribution >= 0.6 is 0 Å². The minimum atomic E-state index is -0.267. The van der Waals surface area contributed by atoms with Gasteiger partial charge in [-0.15, -0.1) is 0 Å². The maximum atomic E-state index is 12.2. The number of nitrogens with two attached hydrogens (primary N) is 1. The summed E-state index contributed by atoms with van der Waals surface area (Å²) >= 11 is 0. The molecule has 0 bridgehead atoms. The van der Waals surface area contributed by atoms with E-state index in [0.717, 1.165) is 5.52 Å². The Morgan fingerprint density at radius 2 is 2.16 bits per heavy atom. The number of rotatable bonds is 2. The second kappa shape index (κ2) is 4.13. The van der Waals surface area contributed by atoms with E-state index in [2.05, 4.69) is 15.5 Å². The van der Waals surface area contributed by atoms with Gasteiger partial charge in [0.05, 0.1) is 29.2 Å². The van der Waals surface area contributed by atoms with Crippen molar-refractivity contribution < 1.29 is 4.79 Å². The molecular formula is C12H12N6O. The minimum absolute atomic E-state index is 0.267. The number of nitrogens with one attached hydrogen (secondary N) is 1. The van der Waals surface area contributed by atoms with Crippen molar-refractivity contribution in [2.24, 2.45) is 7.05 Å². The molecule has 0 atom stereocenters. The number of aryl methyl sites for hydroxylation is 1. The van der Waals surface area contributed by atoms with Gasteiger partial charge in [0.15, 0.2) is 5.82 Å². The monoisotopic (exact) mass is 256 g/mol. The van der Waals surface area contributed by atoms with Crippen LogP contribution in [0.4, 0.5) is 11.5 Å². The lowest BCUT2D eigenvalue weighted by molar-refractivity contribution is 0.102. The van der Waals surface area contributed by atoms with E-state index in [4.69, 9.17) is 5.73 Å². The maximum absolute atomic E-state index is 12.2. The molecule has 3 N–H and O–H groups in total. The zero-order valence-corrected chi connectivity index (χ0v) is 10.2. The molecule has 0 spiro atoms. The van der Waals surface area contributed by atoms with Gasteiger partial charge >= 0.3 is 0 Å². The molecule has 0 radical (unpaired) electrons. The third kappa shape index (κ3) is 1.81. The Bertz CT molecular complexity index is 737. The van der Waals surface area contributed by atoms with Crippen molar-refractivity contribution >= 4 is 22.9 Å². The smallest absolute Gasteiger partial charge is 0.260 e. The van der Waals surface area contributed by atoms with E-state index in [1.165, 1.54) is 17.1 Å². The Balaban J connectivity index is 1.97. The van der Waals surface area contributed by atoms with E-state index in [9.17, 15) is 4.79 Å². The van der Waals surface area contributed by atoms with Crippen LogP contribution in [0.5, 0.6) is 0 Å². The molecule has 0 aliphatic rings. The Labute approximate surface area is 108 Å². The minimum Gasteiger partial charge on any atom is -0.394 e. The summed E-state index contributed by atoms with van der Waals surface area (Å²) in [6, 6.07) is 5.53. The van der Waals surface area contributed by atoms with Crippen LogP contribution in [0.1, 0.15) is 10.4 Å². The highest BCUT2D eigenvalue weighted by Crippen LogP contribution is 2.18. The number of nitrogen functional groups attached to an aromatic ring is 1. The fourth-order valence-electron chi connectivity index (χ4n) is 1.89. The zero-order valence-electron chi connectivity index (χ0n) is 10.2. The van der Waals surface area contributed by atoms with Crippen LogP contribution in [-0.4, -0.2) is 25.3 Å². The van der Waals surface area contributed by atoms with Crippen LogP contribution in [0.3, 0.4) is 0 Å². The highest BCUT2D eigenvalue weighted by molar-refractivity contribution is 6.09. The maximum Gasteiger partial charge on any atom is 0.260 e. The summed E-state index contributed by atoms with van der Waals surface area (Å²) < 4.78 is 3.15. The molecule has 0 aliphatic heterocycles. The van der Waals surface area contributed by atoms with Gasteiger partial charge in [0.1, 0.15) is 0 Å². The summed E-state index contributed by atoms with van der Waals surface area (Å²) in [4.78, 5) is 12.2. The molecular weight excluding hydrogens is 244 g/mol. The van der Waals surface area contributed by atoms with E-state index >= 15 is 0 Å². The Morgan fingerprint density at radius 3 is 2.89 bits per heavy atom. The van der Waals surface area contributed by atoms with Crippen LogP contribution in [0, 0.1) is 0 Å².